The average Bonchev–Trinajstić information content (AvgIpc) is 2.48. The second kappa shape index (κ2) is 6.40. The van der Waals surface area contributed by atoms with Gasteiger partial charge in [-0.05, 0) is 24.3 Å². The van der Waals surface area contributed by atoms with E-state index in [1.165, 1.54) is 24.3 Å². The second-order valence-electron chi connectivity index (χ2n) is 4.53. The molecule has 7 heteroatoms. The van der Waals surface area contributed by atoms with Gasteiger partial charge in [-0.1, -0.05) is 30.3 Å². The minimum Gasteiger partial charge on any atom is -0.366 e. The first-order chi connectivity index (χ1) is 10.4. The lowest BCUT2D eigenvalue weighted by Crippen LogP contribution is -2.24. The van der Waals surface area contributed by atoms with Crippen molar-refractivity contribution in [2.45, 2.75) is 4.90 Å². The monoisotopic (exact) mass is 318 g/mol. The van der Waals surface area contributed by atoms with Gasteiger partial charge in [0.25, 0.3) is 5.91 Å². The van der Waals surface area contributed by atoms with Crippen molar-refractivity contribution in [3.05, 3.63) is 60.2 Å². The number of benzene rings is 2. The Hall–Kier alpha value is -2.67. The molecule has 0 aliphatic carbocycles. The first kappa shape index (κ1) is 15.7. The van der Waals surface area contributed by atoms with Crippen LogP contribution >= 0.6 is 0 Å². The fourth-order valence-corrected chi connectivity index (χ4v) is 3.03. The minimum atomic E-state index is -3.74. The van der Waals surface area contributed by atoms with Gasteiger partial charge >= 0.3 is 0 Å². The van der Waals surface area contributed by atoms with Crippen molar-refractivity contribution in [2.24, 2.45) is 5.73 Å². The molecule has 2 rings (SSSR count). The summed E-state index contributed by atoms with van der Waals surface area (Å²) in [6, 6.07) is 13.8. The summed E-state index contributed by atoms with van der Waals surface area (Å²) in [5.41, 5.74) is 5.50. The quantitative estimate of drug-likeness (QED) is 0.863. The van der Waals surface area contributed by atoms with Gasteiger partial charge in [0, 0.05) is 0 Å². The molecular formula is C15H14N2O4S. The molecule has 6 nitrogen and oxygen atoms in total. The van der Waals surface area contributed by atoms with Crippen LogP contribution in [0.5, 0.6) is 0 Å². The Morgan fingerprint density at radius 3 is 2.18 bits per heavy atom. The van der Waals surface area contributed by atoms with E-state index in [1.54, 1.807) is 30.3 Å². The van der Waals surface area contributed by atoms with Gasteiger partial charge in [-0.25, -0.2) is 8.42 Å². The summed E-state index contributed by atoms with van der Waals surface area (Å²) in [5.74, 6) is -2.16. The normalized spacial score (nSPS) is 10.9. The van der Waals surface area contributed by atoms with Gasteiger partial charge in [0.1, 0.15) is 5.75 Å². The first-order valence-electron chi connectivity index (χ1n) is 6.36. The van der Waals surface area contributed by atoms with Crippen LogP contribution in [0.3, 0.4) is 0 Å². The van der Waals surface area contributed by atoms with Crippen molar-refractivity contribution in [3.8, 4) is 0 Å². The zero-order valence-electron chi connectivity index (χ0n) is 11.5. The van der Waals surface area contributed by atoms with E-state index in [-0.39, 0.29) is 16.1 Å². The molecule has 2 amide bonds. The van der Waals surface area contributed by atoms with Crippen LogP contribution in [-0.4, -0.2) is 26.0 Å². The molecular weight excluding hydrogens is 304 g/mol. The third-order valence-corrected chi connectivity index (χ3v) is 4.52. The Balaban J connectivity index is 2.16. The molecule has 0 aliphatic rings. The van der Waals surface area contributed by atoms with Crippen LogP contribution in [0.25, 0.3) is 0 Å². The molecule has 0 spiro atoms. The van der Waals surface area contributed by atoms with Gasteiger partial charge in [-0.3, -0.25) is 9.59 Å². The molecule has 22 heavy (non-hydrogen) atoms. The molecule has 2 aromatic rings. The molecule has 0 radical (unpaired) electrons. The Bertz CT molecular complexity index is 801. The van der Waals surface area contributed by atoms with E-state index in [0.29, 0.717) is 0 Å². The standard InChI is InChI=1S/C15H14N2O4S/c16-15(19)12-8-4-5-9-13(12)17-14(18)10-22(20,21)11-6-2-1-3-7-11/h1-9H,10H2,(H2,16,19)(H,17,18). The SMILES string of the molecule is NC(=O)c1ccccc1NC(=O)CS(=O)(=O)c1ccccc1. The van der Waals surface area contributed by atoms with Crippen LogP contribution in [0.4, 0.5) is 5.69 Å². The van der Waals surface area contributed by atoms with Gasteiger partial charge in [0.05, 0.1) is 16.1 Å². The van der Waals surface area contributed by atoms with Crippen molar-refractivity contribution < 1.29 is 18.0 Å². The number of hydrogen-bond donors (Lipinski definition) is 2. The lowest BCUT2D eigenvalue weighted by atomic mass is 10.1. The third-order valence-electron chi connectivity index (χ3n) is 2.89. The first-order valence-corrected chi connectivity index (χ1v) is 8.02. The van der Waals surface area contributed by atoms with Gasteiger partial charge < -0.3 is 11.1 Å². The number of rotatable bonds is 5. The predicted molar refractivity (Wildman–Crippen MR) is 82.1 cm³/mol. The Labute approximate surface area is 127 Å². The van der Waals surface area contributed by atoms with Crippen LogP contribution in [0.1, 0.15) is 10.4 Å². The van der Waals surface area contributed by atoms with Crippen LogP contribution in [-0.2, 0) is 14.6 Å². The summed E-state index contributed by atoms with van der Waals surface area (Å²) in [7, 11) is -3.74. The fourth-order valence-electron chi connectivity index (χ4n) is 1.88. The topological polar surface area (TPSA) is 106 Å². The maximum atomic E-state index is 12.1. The van der Waals surface area contributed by atoms with Crippen molar-refractivity contribution in [2.75, 3.05) is 11.1 Å². The molecule has 0 atom stereocenters. The van der Waals surface area contributed by atoms with E-state index in [0.717, 1.165) is 0 Å². The number of primary amides is 1. The summed E-state index contributed by atoms with van der Waals surface area (Å²) >= 11 is 0. The Kier molecular flexibility index (Phi) is 4.57. The van der Waals surface area contributed by atoms with Crippen LogP contribution in [0.2, 0.25) is 0 Å². The zero-order valence-corrected chi connectivity index (χ0v) is 12.3. The number of carbonyl (C=O) groups is 2. The van der Waals surface area contributed by atoms with Crippen LogP contribution in [0.15, 0.2) is 59.5 Å². The molecule has 0 heterocycles. The van der Waals surface area contributed by atoms with Crippen molar-refractivity contribution >= 4 is 27.3 Å². The van der Waals surface area contributed by atoms with E-state index >= 15 is 0 Å². The largest absolute Gasteiger partial charge is 0.366 e. The number of para-hydroxylation sites is 1. The van der Waals surface area contributed by atoms with Gasteiger partial charge in [-0.2, -0.15) is 0 Å². The predicted octanol–water partition coefficient (Wildman–Crippen LogP) is 1.20. The number of nitrogens with two attached hydrogens (primary N) is 1. The van der Waals surface area contributed by atoms with Crippen molar-refractivity contribution in [3.63, 3.8) is 0 Å². The molecule has 0 aliphatic heterocycles. The lowest BCUT2D eigenvalue weighted by Gasteiger charge is -2.09. The maximum Gasteiger partial charge on any atom is 0.250 e. The number of sulfone groups is 1. The van der Waals surface area contributed by atoms with E-state index in [4.69, 9.17) is 5.73 Å². The van der Waals surface area contributed by atoms with Crippen LogP contribution < -0.4 is 11.1 Å². The zero-order chi connectivity index (χ0) is 16.2. The summed E-state index contributed by atoms with van der Waals surface area (Å²) in [4.78, 5) is 23.3. The highest BCUT2D eigenvalue weighted by Gasteiger charge is 2.20. The second-order valence-corrected chi connectivity index (χ2v) is 6.52. The van der Waals surface area contributed by atoms with Crippen molar-refractivity contribution in [1.29, 1.82) is 0 Å². The molecule has 0 bridgehead atoms. The van der Waals surface area contributed by atoms with Gasteiger partial charge in [-0.15, -0.1) is 0 Å². The van der Waals surface area contributed by atoms with Gasteiger partial charge in [0.15, 0.2) is 9.84 Å². The Morgan fingerprint density at radius 1 is 0.955 bits per heavy atom. The number of anilines is 1. The highest BCUT2D eigenvalue weighted by molar-refractivity contribution is 7.92. The molecule has 0 aromatic heterocycles. The summed E-state index contributed by atoms with van der Waals surface area (Å²) < 4.78 is 24.2. The smallest absolute Gasteiger partial charge is 0.250 e. The number of amides is 2. The summed E-state index contributed by atoms with van der Waals surface area (Å²) in [5, 5.41) is 2.40. The Morgan fingerprint density at radius 2 is 1.55 bits per heavy atom. The lowest BCUT2D eigenvalue weighted by molar-refractivity contribution is -0.113. The molecule has 0 unspecified atom stereocenters. The number of carbonyl (C=O) groups excluding carboxylic acids is 2. The molecule has 0 saturated heterocycles. The summed E-state index contributed by atoms with van der Waals surface area (Å²) in [6.45, 7) is 0. The highest BCUT2D eigenvalue weighted by atomic mass is 32.2. The minimum absolute atomic E-state index is 0.0633. The molecule has 114 valence electrons. The summed E-state index contributed by atoms with van der Waals surface area (Å²) in [6.07, 6.45) is 0. The van der Waals surface area contributed by atoms with Crippen molar-refractivity contribution in [1.82, 2.24) is 0 Å². The van der Waals surface area contributed by atoms with E-state index in [1.807, 2.05) is 0 Å². The van der Waals surface area contributed by atoms with Crippen LogP contribution in [0, 0.1) is 0 Å². The molecule has 2 aromatic carbocycles. The molecule has 0 saturated carbocycles. The number of nitrogens with one attached hydrogen (secondary N) is 1. The highest BCUT2D eigenvalue weighted by Crippen LogP contribution is 2.15. The van der Waals surface area contributed by atoms with E-state index < -0.39 is 27.4 Å². The molecule has 0 fully saturated rings. The number of hydrogen-bond acceptors (Lipinski definition) is 4. The molecule has 3 N–H and O–H groups in total. The maximum absolute atomic E-state index is 12.1. The van der Waals surface area contributed by atoms with E-state index in [9.17, 15) is 18.0 Å². The van der Waals surface area contributed by atoms with Gasteiger partial charge in [0.2, 0.25) is 5.91 Å². The average molecular weight is 318 g/mol. The fraction of sp³-hybridized carbons (Fsp3) is 0.0667. The van der Waals surface area contributed by atoms with E-state index in [2.05, 4.69) is 5.32 Å². The third kappa shape index (κ3) is 3.70.